The van der Waals surface area contributed by atoms with E-state index >= 15 is 0 Å². The zero-order valence-corrected chi connectivity index (χ0v) is 10.5. The molecule has 14 heavy (non-hydrogen) atoms. The van der Waals surface area contributed by atoms with E-state index in [0.717, 1.165) is 6.20 Å². The van der Waals surface area contributed by atoms with Gasteiger partial charge in [0.25, 0.3) is 0 Å². The molecule has 7 heteroatoms. The van der Waals surface area contributed by atoms with Crippen LogP contribution in [0.4, 0.5) is 19.1 Å². The number of hydrogen-bond donors (Lipinski definition) is 1. The van der Waals surface area contributed by atoms with Crippen molar-refractivity contribution in [2.24, 2.45) is 0 Å². The van der Waals surface area contributed by atoms with Crippen molar-refractivity contribution in [3.63, 3.8) is 0 Å². The fourth-order valence-electron chi connectivity index (χ4n) is 1.06. The van der Waals surface area contributed by atoms with Crippen LogP contribution in [0.25, 0.3) is 6.20 Å². The fourth-order valence-corrected chi connectivity index (χ4v) is 1.06. The number of hydrogen-bond acceptors (Lipinski definition) is 2. The van der Waals surface area contributed by atoms with Gasteiger partial charge in [-0.15, -0.1) is 6.20 Å². The van der Waals surface area contributed by atoms with Crippen LogP contribution in [0.2, 0.25) is 0 Å². The van der Waals surface area contributed by atoms with E-state index in [1.165, 1.54) is 10.8 Å². The minimum atomic E-state index is -4.28. The summed E-state index contributed by atoms with van der Waals surface area (Å²) in [6.45, 7) is -0.242. The van der Waals surface area contributed by atoms with Gasteiger partial charge in [-0.05, 0) is 0 Å². The Kier molecular flexibility index (Phi) is 3.81. The van der Waals surface area contributed by atoms with E-state index in [9.17, 15) is 13.2 Å². The summed E-state index contributed by atoms with van der Waals surface area (Å²) in [6, 6.07) is 0. The molecule has 1 aliphatic rings. The second-order valence-corrected chi connectivity index (χ2v) is 2.61. The minimum absolute atomic E-state index is 0. The van der Waals surface area contributed by atoms with E-state index in [0.29, 0.717) is 5.95 Å². The van der Waals surface area contributed by atoms with E-state index in [-0.39, 0.29) is 57.9 Å². The number of nitrogens with zero attached hydrogens (tertiary/aromatic N) is 2. The summed E-state index contributed by atoms with van der Waals surface area (Å²) < 4.78 is 37.8. The van der Waals surface area contributed by atoms with Gasteiger partial charge in [0, 0.05) is 18.7 Å². The third-order valence-electron chi connectivity index (χ3n) is 1.71. The average Bonchev–Trinajstić information content (AvgIpc) is 2.47. The van der Waals surface area contributed by atoms with Crippen LogP contribution in [0.5, 0.6) is 0 Å². The molecule has 0 saturated heterocycles. The SMILES string of the molecule is FC(F)(F)C1=Cn2c[c-]nc2NC1.[K+]. The topological polar surface area (TPSA) is 29.9 Å². The van der Waals surface area contributed by atoms with Crippen LogP contribution in [-0.4, -0.2) is 22.3 Å². The first kappa shape index (κ1) is 12.2. The van der Waals surface area contributed by atoms with Crippen molar-refractivity contribution in [1.29, 1.82) is 0 Å². The Morgan fingerprint density at radius 2 is 2.21 bits per heavy atom. The molecule has 1 aliphatic heterocycles. The van der Waals surface area contributed by atoms with Gasteiger partial charge in [-0.25, -0.2) is 0 Å². The van der Waals surface area contributed by atoms with Crippen LogP contribution in [-0.2, 0) is 0 Å². The smallest absolute Gasteiger partial charge is 0.429 e. The molecular formula is C7H5F3KN3. The van der Waals surface area contributed by atoms with Gasteiger partial charge >= 0.3 is 57.6 Å². The molecule has 0 amide bonds. The number of alkyl halides is 3. The van der Waals surface area contributed by atoms with Gasteiger partial charge in [-0.3, -0.25) is 0 Å². The van der Waals surface area contributed by atoms with Gasteiger partial charge in [0.1, 0.15) is 0 Å². The average molecular weight is 227 g/mol. The summed E-state index contributed by atoms with van der Waals surface area (Å²) in [6.07, 6.45) is 0.518. The zero-order chi connectivity index (χ0) is 9.47. The van der Waals surface area contributed by atoms with Crippen LogP contribution in [0.1, 0.15) is 0 Å². The second-order valence-electron chi connectivity index (χ2n) is 2.61. The van der Waals surface area contributed by atoms with Crippen molar-refractivity contribution in [2.75, 3.05) is 11.9 Å². The number of anilines is 1. The quantitative estimate of drug-likeness (QED) is 0.432. The summed E-state index contributed by atoms with van der Waals surface area (Å²) in [5.41, 5.74) is -0.619. The Morgan fingerprint density at radius 3 is 2.86 bits per heavy atom. The summed E-state index contributed by atoms with van der Waals surface area (Å²) in [7, 11) is 0. The molecule has 1 aromatic rings. The molecule has 0 saturated carbocycles. The number of nitrogens with one attached hydrogen (secondary N) is 1. The largest absolute Gasteiger partial charge is 1.00 e. The minimum Gasteiger partial charge on any atom is -0.429 e. The Balaban J connectivity index is 0.000000980. The second kappa shape index (κ2) is 4.36. The molecule has 3 nitrogen and oxygen atoms in total. The number of fused-ring (bicyclic) bond motifs is 1. The molecule has 1 aromatic heterocycles. The molecule has 0 fully saturated rings. The molecule has 0 unspecified atom stereocenters. The Bertz CT molecular complexity index is 355. The van der Waals surface area contributed by atoms with Crippen LogP contribution in [0.3, 0.4) is 0 Å². The number of aromatic nitrogens is 2. The monoisotopic (exact) mass is 227 g/mol. The molecule has 0 bridgehead atoms. The Labute approximate surface area is 121 Å². The van der Waals surface area contributed by atoms with Gasteiger partial charge in [0.2, 0.25) is 0 Å². The summed E-state index contributed by atoms with van der Waals surface area (Å²) >= 11 is 0. The van der Waals surface area contributed by atoms with E-state index in [2.05, 4.69) is 16.5 Å². The third kappa shape index (κ3) is 2.40. The van der Waals surface area contributed by atoms with Crippen molar-refractivity contribution in [1.82, 2.24) is 9.55 Å². The molecule has 2 rings (SSSR count). The van der Waals surface area contributed by atoms with Gasteiger partial charge in [-0.2, -0.15) is 13.2 Å². The van der Waals surface area contributed by atoms with E-state index in [1.807, 2.05) is 0 Å². The molecule has 1 N–H and O–H groups in total. The molecule has 0 spiro atoms. The molecule has 2 heterocycles. The Hall–Kier alpha value is 0.176. The molecule has 0 atom stereocenters. The molecule has 0 aromatic carbocycles. The maximum Gasteiger partial charge on any atom is 1.00 e. The van der Waals surface area contributed by atoms with Crippen molar-refractivity contribution >= 4 is 12.1 Å². The summed E-state index contributed by atoms with van der Waals surface area (Å²) in [5.74, 6) is 0.382. The number of imidazole rings is 1. The zero-order valence-electron chi connectivity index (χ0n) is 7.39. The standard InChI is InChI=1S/C7H5F3N3.K/c8-7(9,10)5-3-12-6-11-1-2-13(6)4-5;/h2,4H,3H2,(H,11,12);/q-1;+1. The summed E-state index contributed by atoms with van der Waals surface area (Å²) in [5, 5.41) is 2.53. The first-order valence-corrected chi connectivity index (χ1v) is 3.54. The fraction of sp³-hybridized carbons (Fsp3) is 0.286. The Morgan fingerprint density at radius 1 is 1.50 bits per heavy atom. The van der Waals surface area contributed by atoms with Gasteiger partial charge in [0.15, 0.2) is 0 Å². The first-order valence-electron chi connectivity index (χ1n) is 3.54. The number of rotatable bonds is 0. The molecular weight excluding hydrogens is 222 g/mol. The maximum atomic E-state index is 12.2. The van der Waals surface area contributed by atoms with Gasteiger partial charge < -0.3 is 14.9 Å². The molecule has 0 aliphatic carbocycles. The van der Waals surface area contributed by atoms with Gasteiger partial charge in [0.05, 0.1) is 5.57 Å². The normalized spacial score (nSPS) is 14.9. The molecule has 0 radical (unpaired) electrons. The van der Waals surface area contributed by atoms with E-state index in [4.69, 9.17) is 0 Å². The van der Waals surface area contributed by atoms with E-state index < -0.39 is 11.7 Å². The third-order valence-corrected chi connectivity index (χ3v) is 1.71. The molecule has 70 valence electrons. The maximum absolute atomic E-state index is 12.2. The number of halogens is 3. The van der Waals surface area contributed by atoms with Crippen molar-refractivity contribution in [3.8, 4) is 0 Å². The first-order chi connectivity index (χ1) is 6.07. The van der Waals surface area contributed by atoms with Crippen LogP contribution >= 0.6 is 0 Å². The van der Waals surface area contributed by atoms with Crippen molar-refractivity contribution in [2.45, 2.75) is 6.18 Å². The predicted octanol–water partition coefficient (Wildman–Crippen LogP) is -1.48. The van der Waals surface area contributed by atoms with Crippen molar-refractivity contribution in [3.05, 3.63) is 18.0 Å². The van der Waals surface area contributed by atoms with Crippen LogP contribution in [0, 0.1) is 6.20 Å². The van der Waals surface area contributed by atoms with E-state index in [1.54, 1.807) is 0 Å². The van der Waals surface area contributed by atoms with Gasteiger partial charge in [-0.1, -0.05) is 6.20 Å². The summed E-state index contributed by atoms with van der Waals surface area (Å²) in [4.78, 5) is 3.69. The van der Waals surface area contributed by atoms with Crippen LogP contribution in [0.15, 0.2) is 11.8 Å². The van der Waals surface area contributed by atoms with Crippen molar-refractivity contribution < 1.29 is 64.6 Å². The van der Waals surface area contributed by atoms with Crippen LogP contribution < -0.4 is 56.7 Å². The predicted molar refractivity (Wildman–Crippen MR) is 39.9 cm³/mol.